The van der Waals surface area contributed by atoms with Crippen molar-refractivity contribution in [1.82, 2.24) is 4.90 Å². The molecule has 0 aliphatic carbocycles. The summed E-state index contributed by atoms with van der Waals surface area (Å²) in [4.78, 5) is 14.5. The Kier molecular flexibility index (Phi) is 3.32. The van der Waals surface area contributed by atoms with Crippen molar-refractivity contribution in [2.45, 2.75) is 43.0 Å². The van der Waals surface area contributed by atoms with E-state index in [4.69, 9.17) is 0 Å². The van der Waals surface area contributed by atoms with Crippen molar-refractivity contribution < 1.29 is 13.2 Å². The number of carbonyl (C=O) groups is 1. The minimum Gasteiger partial charge on any atom is -0.333 e. The highest BCUT2D eigenvalue weighted by Crippen LogP contribution is 2.38. The van der Waals surface area contributed by atoms with Crippen molar-refractivity contribution >= 4 is 15.7 Å². The van der Waals surface area contributed by atoms with E-state index in [0.29, 0.717) is 18.4 Å². The molecule has 3 atom stereocenters. The molecule has 0 aromatic heterocycles. The third-order valence-corrected chi connectivity index (χ3v) is 6.15. The van der Waals surface area contributed by atoms with Gasteiger partial charge in [0, 0.05) is 23.9 Å². The van der Waals surface area contributed by atoms with Crippen molar-refractivity contribution in [1.29, 1.82) is 0 Å². The van der Waals surface area contributed by atoms with Crippen LogP contribution in [0.25, 0.3) is 0 Å². The number of hydrogen-bond acceptors (Lipinski definition) is 3. The largest absolute Gasteiger partial charge is 0.333 e. The molecule has 108 valence electrons. The van der Waals surface area contributed by atoms with Gasteiger partial charge in [0.1, 0.15) is 9.84 Å². The third-order valence-electron chi connectivity index (χ3n) is 4.55. The first kappa shape index (κ1) is 13.6. The van der Waals surface area contributed by atoms with E-state index in [1.54, 1.807) is 0 Å². The first-order chi connectivity index (χ1) is 9.47. The van der Waals surface area contributed by atoms with Gasteiger partial charge in [-0.3, -0.25) is 4.79 Å². The summed E-state index contributed by atoms with van der Waals surface area (Å²) in [5.41, 5.74) is 0.696. The summed E-state index contributed by atoms with van der Waals surface area (Å²) >= 11 is 0. The summed E-state index contributed by atoms with van der Waals surface area (Å²) in [5, 5.41) is -0.278. The number of rotatable bonds is 2. The number of nitrogens with zero attached hydrogens (tertiary/aromatic N) is 1. The van der Waals surface area contributed by atoms with Gasteiger partial charge in [0.05, 0.1) is 5.25 Å². The molecule has 1 amide bonds. The Morgan fingerprint density at radius 2 is 1.65 bits per heavy atom. The number of sulfone groups is 1. The summed E-state index contributed by atoms with van der Waals surface area (Å²) in [6.07, 6.45) is 4.35. The molecule has 3 rings (SSSR count). The molecule has 2 bridgehead atoms. The first-order valence-corrected chi connectivity index (χ1v) is 8.99. The molecular weight excluding hydrogens is 274 g/mol. The minimum atomic E-state index is -3.00. The second-order valence-corrected chi connectivity index (χ2v) is 8.21. The number of hydrogen-bond donors (Lipinski definition) is 0. The molecule has 2 fully saturated rings. The lowest BCUT2D eigenvalue weighted by Crippen LogP contribution is -2.49. The summed E-state index contributed by atoms with van der Waals surface area (Å²) in [6, 6.07) is 9.43. The molecule has 2 aliphatic rings. The van der Waals surface area contributed by atoms with Crippen LogP contribution in [0, 0.1) is 0 Å². The summed E-state index contributed by atoms with van der Waals surface area (Å²) < 4.78 is 23.5. The normalized spacial score (nSPS) is 29.4. The van der Waals surface area contributed by atoms with Gasteiger partial charge in [0.2, 0.25) is 0 Å². The van der Waals surface area contributed by atoms with Crippen LogP contribution in [0.2, 0.25) is 0 Å². The molecule has 1 aromatic rings. The molecule has 5 heteroatoms. The van der Waals surface area contributed by atoms with Crippen molar-refractivity contribution in [3.63, 3.8) is 0 Å². The molecule has 4 nitrogen and oxygen atoms in total. The Hall–Kier alpha value is -1.36. The van der Waals surface area contributed by atoms with Crippen molar-refractivity contribution in [2.24, 2.45) is 0 Å². The van der Waals surface area contributed by atoms with Crippen LogP contribution < -0.4 is 0 Å². The second-order valence-electron chi connectivity index (χ2n) is 5.89. The average molecular weight is 293 g/mol. The number of fused-ring (bicyclic) bond motifs is 2. The molecule has 0 spiro atoms. The van der Waals surface area contributed by atoms with Crippen LogP contribution in [-0.4, -0.2) is 42.8 Å². The summed E-state index contributed by atoms with van der Waals surface area (Å²) in [5.74, 6) is 0.0463. The van der Waals surface area contributed by atoms with Gasteiger partial charge in [0.15, 0.2) is 0 Å². The van der Waals surface area contributed by atoms with Crippen LogP contribution in [0.15, 0.2) is 30.3 Å². The number of amides is 1. The van der Waals surface area contributed by atoms with E-state index >= 15 is 0 Å². The van der Waals surface area contributed by atoms with Gasteiger partial charge >= 0.3 is 0 Å². The Bertz CT molecular complexity index is 597. The van der Waals surface area contributed by atoms with E-state index in [1.165, 1.54) is 6.26 Å². The van der Waals surface area contributed by atoms with Gasteiger partial charge < -0.3 is 4.90 Å². The SMILES string of the molecule is CS(=O)(=O)C1C[C@H]2CC[C@@H](C1)N2C(=O)c1ccccc1. The lowest BCUT2D eigenvalue weighted by Gasteiger charge is -2.38. The quantitative estimate of drug-likeness (QED) is 0.836. The van der Waals surface area contributed by atoms with E-state index in [0.717, 1.165) is 12.8 Å². The fourth-order valence-corrected chi connectivity index (χ4v) is 4.68. The number of benzene rings is 1. The van der Waals surface area contributed by atoms with Crippen LogP contribution in [0.4, 0.5) is 0 Å². The molecule has 20 heavy (non-hydrogen) atoms. The topological polar surface area (TPSA) is 54.5 Å². The standard InChI is InChI=1S/C15H19NO3S/c1-20(18,19)14-9-12-7-8-13(10-14)16(12)15(17)11-5-3-2-4-6-11/h2-6,12-14H,7-10H2,1H3/t12-,13+,14?. The number of piperidine rings is 1. The van der Waals surface area contributed by atoms with Crippen LogP contribution in [0.1, 0.15) is 36.0 Å². The van der Waals surface area contributed by atoms with Crippen molar-refractivity contribution in [2.75, 3.05) is 6.26 Å². The first-order valence-electron chi connectivity index (χ1n) is 7.03. The zero-order valence-electron chi connectivity index (χ0n) is 11.5. The lowest BCUT2D eigenvalue weighted by molar-refractivity contribution is 0.0598. The molecule has 0 N–H and O–H groups in total. The van der Waals surface area contributed by atoms with Crippen LogP contribution in [-0.2, 0) is 9.84 Å². The van der Waals surface area contributed by atoms with Crippen LogP contribution in [0.5, 0.6) is 0 Å². The van der Waals surface area contributed by atoms with Gasteiger partial charge in [-0.15, -0.1) is 0 Å². The smallest absolute Gasteiger partial charge is 0.254 e. The van der Waals surface area contributed by atoms with Crippen molar-refractivity contribution in [3.8, 4) is 0 Å². The minimum absolute atomic E-state index is 0.0463. The van der Waals surface area contributed by atoms with E-state index in [-0.39, 0.29) is 23.2 Å². The molecule has 0 radical (unpaired) electrons. The van der Waals surface area contributed by atoms with Crippen LogP contribution in [0.3, 0.4) is 0 Å². The molecule has 2 aliphatic heterocycles. The fourth-order valence-electron chi connectivity index (χ4n) is 3.54. The number of carbonyl (C=O) groups excluding carboxylic acids is 1. The Morgan fingerprint density at radius 3 is 2.15 bits per heavy atom. The average Bonchev–Trinajstić information content (AvgIpc) is 2.67. The van der Waals surface area contributed by atoms with Crippen molar-refractivity contribution in [3.05, 3.63) is 35.9 Å². The predicted molar refractivity (Wildman–Crippen MR) is 77.3 cm³/mol. The highest BCUT2D eigenvalue weighted by Gasteiger charge is 2.45. The molecule has 1 aromatic carbocycles. The summed E-state index contributed by atoms with van der Waals surface area (Å²) in [6.45, 7) is 0. The van der Waals surface area contributed by atoms with Gasteiger partial charge in [-0.1, -0.05) is 18.2 Å². The van der Waals surface area contributed by atoms with E-state index in [1.807, 2.05) is 35.2 Å². The van der Waals surface area contributed by atoms with Gasteiger partial charge in [-0.2, -0.15) is 0 Å². The van der Waals surface area contributed by atoms with Gasteiger partial charge in [0.25, 0.3) is 5.91 Å². The lowest BCUT2D eigenvalue weighted by atomic mass is 10.0. The van der Waals surface area contributed by atoms with E-state index < -0.39 is 9.84 Å². The zero-order chi connectivity index (χ0) is 14.3. The monoisotopic (exact) mass is 293 g/mol. The molecule has 0 saturated carbocycles. The van der Waals surface area contributed by atoms with E-state index in [9.17, 15) is 13.2 Å². The molecule has 2 heterocycles. The highest BCUT2D eigenvalue weighted by molar-refractivity contribution is 7.91. The maximum absolute atomic E-state index is 12.6. The van der Waals surface area contributed by atoms with E-state index in [2.05, 4.69) is 0 Å². The Morgan fingerprint density at radius 1 is 1.10 bits per heavy atom. The second kappa shape index (κ2) is 4.88. The fraction of sp³-hybridized carbons (Fsp3) is 0.533. The maximum Gasteiger partial charge on any atom is 0.254 e. The van der Waals surface area contributed by atoms with Gasteiger partial charge in [-0.05, 0) is 37.8 Å². The molecule has 2 saturated heterocycles. The van der Waals surface area contributed by atoms with Gasteiger partial charge in [-0.25, -0.2) is 8.42 Å². The zero-order valence-corrected chi connectivity index (χ0v) is 12.3. The third kappa shape index (κ3) is 2.35. The molecular formula is C15H19NO3S. The van der Waals surface area contributed by atoms with Crippen LogP contribution >= 0.6 is 0 Å². The predicted octanol–water partition coefficient (Wildman–Crippen LogP) is 1.87. The Labute approximate surface area is 119 Å². The Balaban J connectivity index is 1.83. The molecule has 1 unspecified atom stereocenters. The maximum atomic E-state index is 12.6. The highest BCUT2D eigenvalue weighted by atomic mass is 32.2. The summed E-state index contributed by atoms with van der Waals surface area (Å²) in [7, 11) is -3.00.